The average Bonchev–Trinajstić information content (AvgIpc) is 3.02. The maximum absolute atomic E-state index is 14.1. The lowest BCUT2D eigenvalue weighted by Gasteiger charge is -2.37. The highest BCUT2D eigenvalue weighted by atomic mass is 32.2. The first-order valence-corrected chi connectivity index (χ1v) is 9.87. The number of aryl methyl sites for hydroxylation is 1. The molecule has 0 amide bonds. The van der Waals surface area contributed by atoms with Gasteiger partial charge in [-0.15, -0.1) is 0 Å². The number of ketones is 1. The molecule has 0 aromatic heterocycles. The molecule has 0 bridgehead atoms. The molecule has 0 radical (unpaired) electrons. The Labute approximate surface area is 150 Å². The zero-order chi connectivity index (χ0) is 19.3. The van der Waals surface area contributed by atoms with E-state index in [2.05, 4.69) is 0 Å². The lowest BCUT2D eigenvalue weighted by atomic mass is 9.75. The van der Waals surface area contributed by atoms with Crippen LogP contribution in [0, 0.1) is 12.3 Å². The number of benzene rings is 1. The lowest BCUT2D eigenvalue weighted by Crippen LogP contribution is -2.50. The van der Waals surface area contributed by atoms with Crippen molar-refractivity contribution in [1.29, 1.82) is 0 Å². The van der Waals surface area contributed by atoms with E-state index in [0.717, 1.165) is 15.9 Å². The fraction of sp³-hybridized carbons (Fsp3) is 0.500. The minimum absolute atomic E-state index is 0.0339. The molecule has 0 N–H and O–H groups in total. The molecule has 8 heteroatoms. The second-order valence-corrected chi connectivity index (χ2v) is 8.84. The van der Waals surface area contributed by atoms with Crippen molar-refractivity contribution in [2.75, 3.05) is 6.54 Å². The van der Waals surface area contributed by atoms with Gasteiger partial charge in [-0.05, 0) is 37.1 Å². The number of allylic oxidation sites excluding steroid dienone is 1. The molecule has 2 aliphatic rings. The highest BCUT2D eigenvalue weighted by Crippen LogP contribution is 2.59. The molecular weight excluding hydrogens is 367 g/mol. The van der Waals surface area contributed by atoms with Crippen LogP contribution in [0.2, 0.25) is 0 Å². The van der Waals surface area contributed by atoms with Crippen molar-refractivity contribution in [3.63, 3.8) is 0 Å². The number of rotatable bonds is 4. The SMILES string of the molecule is CCC[C@H]1N(S(=O)(=O)c2ccc(C)cc2)CC2=CC(=O)C[C@]21C(F)(F)F. The predicted octanol–water partition coefficient (Wildman–Crippen LogP) is 3.62. The highest BCUT2D eigenvalue weighted by Gasteiger charge is 2.69. The largest absolute Gasteiger partial charge is 0.400 e. The Morgan fingerprint density at radius 3 is 2.38 bits per heavy atom. The molecule has 142 valence electrons. The molecule has 3 rings (SSSR count). The van der Waals surface area contributed by atoms with Gasteiger partial charge in [0.15, 0.2) is 5.78 Å². The molecule has 1 aliphatic carbocycles. The molecule has 1 fully saturated rings. The molecule has 1 aromatic carbocycles. The first kappa shape index (κ1) is 19.1. The van der Waals surface area contributed by atoms with Gasteiger partial charge in [0.2, 0.25) is 10.0 Å². The van der Waals surface area contributed by atoms with Crippen molar-refractivity contribution >= 4 is 15.8 Å². The summed E-state index contributed by atoms with van der Waals surface area (Å²) in [6.07, 6.45) is -4.00. The van der Waals surface area contributed by atoms with E-state index >= 15 is 0 Å². The summed E-state index contributed by atoms with van der Waals surface area (Å²) in [5, 5.41) is 0. The van der Waals surface area contributed by atoms with E-state index in [9.17, 15) is 26.4 Å². The van der Waals surface area contributed by atoms with Crippen LogP contribution in [0.25, 0.3) is 0 Å². The van der Waals surface area contributed by atoms with Crippen LogP contribution < -0.4 is 0 Å². The predicted molar refractivity (Wildman–Crippen MR) is 90.0 cm³/mol. The average molecular weight is 387 g/mol. The molecule has 0 saturated carbocycles. The Morgan fingerprint density at radius 1 is 1.23 bits per heavy atom. The van der Waals surface area contributed by atoms with Crippen molar-refractivity contribution in [2.45, 2.75) is 50.2 Å². The first-order chi connectivity index (χ1) is 12.0. The molecule has 26 heavy (non-hydrogen) atoms. The summed E-state index contributed by atoms with van der Waals surface area (Å²) in [4.78, 5) is 11.7. The summed E-state index contributed by atoms with van der Waals surface area (Å²) in [7, 11) is -4.10. The minimum Gasteiger partial charge on any atom is -0.295 e. The summed E-state index contributed by atoms with van der Waals surface area (Å²) in [5.41, 5.74) is -1.69. The van der Waals surface area contributed by atoms with E-state index in [1.54, 1.807) is 26.0 Å². The van der Waals surface area contributed by atoms with Gasteiger partial charge in [0.1, 0.15) is 5.41 Å². The Kier molecular flexibility index (Phi) is 4.55. The zero-order valence-corrected chi connectivity index (χ0v) is 15.3. The van der Waals surface area contributed by atoms with E-state index in [1.165, 1.54) is 12.1 Å². The smallest absolute Gasteiger partial charge is 0.295 e. The number of hydrogen-bond acceptors (Lipinski definition) is 3. The molecule has 1 aliphatic heterocycles. The fourth-order valence-electron chi connectivity index (χ4n) is 4.04. The number of fused-ring (bicyclic) bond motifs is 1. The third kappa shape index (κ3) is 2.70. The van der Waals surface area contributed by atoms with E-state index in [-0.39, 0.29) is 16.9 Å². The molecule has 1 aromatic rings. The van der Waals surface area contributed by atoms with Crippen molar-refractivity contribution < 1.29 is 26.4 Å². The van der Waals surface area contributed by atoms with E-state index in [0.29, 0.717) is 6.42 Å². The maximum atomic E-state index is 14.1. The number of halogens is 3. The second-order valence-electron chi connectivity index (χ2n) is 6.95. The third-order valence-corrected chi connectivity index (χ3v) is 7.17. The van der Waals surface area contributed by atoms with Gasteiger partial charge in [0.25, 0.3) is 0 Å². The summed E-state index contributed by atoms with van der Waals surface area (Å²) in [6, 6.07) is 4.72. The molecule has 0 spiro atoms. The Hall–Kier alpha value is -1.67. The van der Waals surface area contributed by atoms with Gasteiger partial charge in [-0.2, -0.15) is 17.5 Å². The van der Waals surface area contributed by atoms with Crippen LogP contribution >= 0.6 is 0 Å². The van der Waals surface area contributed by atoms with Crippen LogP contribution in [0.15, 0.2) is 40.8 Å². The van der Waals surface area contributed by atoms with Crippen LogP contribution in [0.4, 0.5) is 13.2 Å². The van der Waals surface area contributed by atoms with Crippen LogP contribution in [-0.4, -0.2) is 37.3 Å². The third-order valence-electron chi connectivity index (χ3n) is 5.30. The summed E-state index contributed by atoms with van der Waals surface area (Å²) >= 11 is 0. The summed E-state index contributed by atoms with van der Waals surface area (Å²) < 4.78 is 69.2. The Bertz CT molecular complexity index is 859. The minimum atomic E-state index is -4.69. The number of carbonyl (C=O) groups is 1. The topological polar surface area (TPSA) is 54.5 Å². The highest BCUT2D eigenvalue weighted by molar-refractivity contribution is 7.89. The van der Waals surface area contributed by atoms with E-state index in [4.69, 9.17) is 0 Å². The molecule has 1 saturated heterocycles. The molecule has 2 atom stereocenters. The van der Waals surface area contributed by atoms with Crippen LogP contribution in [0.3, 0.4) is 0 Å². The Balaban J connectivity index is 2.13. The van der Waals surface area contributed by atoms with E-state index in [1.807, 2.05) is 0 Å². The number of sulfonamides is 1. The standard InChI is InChI=1S/C18H20F3NO3S/c1-3-4-16-17(18(19,20)21)10-14(23)9-13(17)11-22(16)26(24,25)15-7-5-12(2)6-8-15/h5-9,16H,3-4,10-11H2,1-2H3/t16-,17+/m1/s1. The lowest BCUT2D eigenvalue weighted by molar-refractivity contribution is -0.216. The number of nitrogens with zero attached hydrogens (tertiary/aromatic N) is 1. The number of alkyl halides is 3. The van der Waals surface area contributed by atoms with Crippen molar-refractivity contribution in [3.05, 3.63) is 41.5 Å². The van der Waals surface area contributed by atoms with Crippen molar-refractivity contribution in [2.24, 2.45) is 5.41 Å². The maximum Gasteiger partial charge on any atom is 0.400 e. The number of carbonyl (C=O) groups excluding carboxylic acids is 1. The first-order valence-electron chi connectivity index (χ1n) is 8.43. The van der Waals surface area contributed by atoms with E-state index < -0.39 is 46.4 Å². The molecule has 1 heterocycles. The number of hydrogen-bond donors (Lipinski definition) is 0. The zero-order valence-electron chi connectivity index (χ0n) is 14.5. The summed E-state index contributed by atoms with van der Waals surface area (Å²) in [5.74, 6) is -0.592. The molecule has 0 unspecified atom stereocenters. The van der Waals surface area contributed by atoms with Crippen LogP contribution in [0.5, 0.6) is 0 Å². The van der Waals surface area contributed by atoms with Gasteiger partial charge < -0.3 is 0 Å². The molecular formula is C18H20F3NO3S. The van der Waals surface area contributed by atoms with Crippen LogP contribution in [0.1, 0.15) is 31.7 Å². The van der Waals surface area contributed by atoms with Gasteiger partial charge in [-0.1, -0.05) is 31.0 Å². The summed E-state index contributed by atoms with van der Waals surface area (Å²) in [6.45, 7) is 3.11. The van der Waals surface area contributed by atoms with Gasteiger partial charge in [0.05, 0.1) is 4.90 Å². The van der Waals surface area contributed by atoms with Gasteiger partial charge in [-0.3, -0.25) is 4.79 Å². The normalized spacial score (nSPS) is 26.9. The Morgan fingerprint density at radius 2 is 1.85 bits per heavy atom. The molecule has 4 nitrogen and oxygen atoms in total. The second kappa shape index (κ2) is 6.20. The quantitative estimate of drug-likeness (QED) is 0.793. The van der Waals surface area contributed by atoms with Gasteiger partial charge >= 0.3 is 6.18 Å². The van der Waals surface area contributed by atoms with Gasteiger partial charge in [0, 0.05) is 19.0 Å². The van der Waals surface area contributed by atoms with Crippen LogP contribution in [-0.2, 0) is 14.8 Å². The van der Waals surface area contributed by atoms with Crippen molar-refractivity contribution in [1.82, 2.24) is 4.31 Å². The van der Waals surface area contributed by atoms with Gasteiger partial charge in [-0.25, -0.2) is 8.42 Å². The monoisotopic (exact) mass is 387 g/mol. The van der Waals surface area contributed by atoms with Crippen molar-refractivity contribution in [3.8, 4) is 0 Å². The fourth-order valence-corrected chi connectivity index (χ4v) is 5.72.